The van der Waals surface area contributed by atoms with E-state index in [1.807, 2.05) is 0 Å². The molecule has 0 amide bonds. The van der Waals surface area contributed by atoms with E-state index < -0.39 is 16.7 Å². The van der Waals surface area contributed by atoms with Crippen LogP contribution in [0.3, 0.4) is 0 Å². The van der Waals surface area contributed by atoms with Crippen molar-refractivity contribution in [1.29, 1.82) is 0 Å². The van der Waals surface area contributed by atoms with Gasteiger partial charge in [0.2, 0.25) is 0 Å². The van der Waals surface area contributed by atoms with Gasteiger partial charge in [0.15, 0.2) is 11.5 Å². The maximum Gasteiger partial charge on any atom is 0.311 e. The van der Waals surface area contributed by atoms with E-state index in [9.17, 15) is 14.9 Å². The van der Waals surface area contributed by atoms with Gasteiger partial charge in [0.25, 0.3) is 11.5 Å². The molecule has 2 rings (SSSR count). The summed E-state index contributed by atoms with van der Waals surface area (Å²) in [5.41, 5.74) is -0.132. The monoisotopic (exact) mass is 239 g/mol. The summed E-state index contributed by atoms with van der Waals surface area (Å²) in [6, 6.07) is 3.87. The second-order valence-electron chi connectivity index (χ2n) is 3.80. The van der Waals surface area contributed by atoms with Gasteiger partial charge < -0.3 is 14.6 Å². The lowest BCUT2D eigenvalue weighted by atomic mass is 10.2. The lowest BCUT2D eigenvalue weighted by Gasteiger charge is -2.20. The van der Waals surface area contributed by atoms with Gasteiger partial charge in [-0.1, -0.05) is 0 Å². The van der Waals surface area contributed by atoms with Gasteiger partial charge in [-0.3, -0.25) is 14.9 Å². The van der Waals surface area contributed by atoms with Crippen LogP contribution in [-0.2, 0) is 4.79 Å². The zero-order valence-corrected chi connectivity index (χ0v) is 8.87. The van der Waals surface area contributed by atoms with Crippen molar-refractivity contribution < 1.29 is 24.3 Å². The number of ether oxygens (including phenoxy) is 2. The van der Waals surface area contributed by atoms with Gasteiger partial charge in [-0.2, -0.15) is 0 Å². The van der Waals surface area contributed by atoms with Gasteiger partial charge in [-0.15, -0.1) is 0 Å². The van der Waals surface area contributed by atoms with Crippen LogP contribution in [0.1, 0.15) is 13.3 Å². The zero-order valence-electron chi connectivity index (χ0n) is 8.87. The second-order valence-corrected chi connectivity index (χ2v) is 3.80. The maximum absolute atomic E-state index is 10.6. The topological polar surface area (TPSA) is 98.9 Å². The number of hydrogen-bond donors (Lipinski definition) is 1. The number of aliphatic carboxylic acids is 1. The van der Waals surface area contributed by atoms with E-state index in [4.69, 9.17) is 14.6 Å². The van der Waals surface area contributed by atoms with E-state index in [0.29, 0.717) is 5.75 Å². The number of carboxylic acids is 1. The van der Waals surface area contributed by atoms with E-state index in [-0.39, 0.29) is 17.9 Å². The molecule has 0 radical (unpaired) electrons. The molecule has 0 spiro atoms. The molecule has 1 aliphatic rings. The SMILES string of the molecule is CC1(CC(=O)O)Oc2ccc([N+](=O)[O-])cc2O1. The number of carbonyl (C=O) groups is 1. The summed E-state index contributed by atoms with van der Waals surface area (Å²) < 4.78 is 10.6. The van der Waals surface area contributed by atoms with E-state index in [2.05, 4.69) is 0 Å². The quantitative estimate of drug-likeness (QED) is 0.634. The van der Waals surface area contributed by atoms with Gasteiger partial charge in [0.1, 0.15) is 6.42 Å². The van der Waals surface area contributed by atoms with E-state index in [0.717, 1.165) is 0 Å². The third-order valence-electron chi connectivity index (χ3n) is 2.26. The van der Waals surface area contributed by atoms with Crippen molar-refractivity contribution in [3.63, 3.8) is 0 Å². The fourth-order valence-electron chi connectivity index (χ4n) is 1.61. The molecule has 7 nitrogen and oxygen atoms in total. The molecule has 1 heterocycles. The van der Waals surface area contributed by atoms with Crippen molar-refractivity contribution in [2.45, 2.75) is 19.1 Å². The molecule has 1 aromatic rings. The Balaban J connectivity index is 2.27. The van der Waals surface area contributed by atoms with Crippen LogP contribution in [0.25, 0.3) is 0 Å². The minimum atomic E-state index is -1.32. The molecule has 90 valence electrons. The van der Waals surface area contributed by atoms with Crippen molar-refractivity contribution in [1.82, 2.24) is 0 Å². The number of fused-ring (bicyclic) bond motifs is 1. The summed E-state index contributed by atoms with van der Waals surface area (Å²) in [5, 5.41) is 19.2. The van der Waals surface area contributed by atoms with Crippen LogP contribution in [0.2, 0.25) is 0 Å². The smallest absolute Gasteiger partial charge is 0.311 e. The Kier molecular flexibility index (Phi) is 2.38. The summed E-state index contributed by atoms with van der Waals surface area (Å²) >= 11 is 0. The standard InChI is InChI=1S/C10H9NO6/c1-10(5-9(12)13)16-7-3-2-6(11(14)15)4-8(7)17-10/h2-4H,5H2,1H3,(H,12,13). The van der Waals surface area contributed by atoms with Crippen molar-refractivity contribution in [3.8, 4) is 11.5 Å². The summed E-state index contributed by atoms with van der Waals surface area (Å²) in [7, 11) is 0. The molecule has 1 unspecified atom stereocenters. The zero-order chi connectivity index (χ0) is 12.6. The lowest BCUT2D eigenvalue weighted by Crippen LogP contribution is -2.37. The molecule has 0 saturated carbocycles. The van der Waals surface area contributed by atoms with Gasteiger partial charge in [0.05, 0.1) is 11.0 Å². The first kappa shape index (κ1) is 11.2. The van der Waals surface area contributed by atoms with Crippen LogP contribution in [0.5, 0.6) is 11.5 Å². The fourth-order valence-corrected chi connectivity index (χ4v) is 1.61. The number of rotatable bonds is 3. The molecule has 7 heteroatoms. The first-order chi connectivity index (χ1) is 7.89. The van der Waals surface area contributed by atoms with E-state index in [1.54, 1.807) is 0 Å². The normalized spacial score (nSPS) is 21.2. The molecule has 0 saturated heterocycles. The highest BCUT2D eigenvalue weighted by Crippen LogP contribution is 2.42. The predicted octanol–water partition coefficient (Wildman–Crippen LogP) is 1.56. The van der Waals surface area contributed by atoms with Crippen LogP contribution in [0.15, 0.2) is 18.2 Å². The van der Waals surface area contributed by atoms with Crippen LogP contribution in [0, 0.1) is 10.1 Å². The fraction of sp³-hybridized carbons (Fsp3) is 0.300. The van der Waals surface area contributed by atoms with Gasteiger partial charge in [-0.05, 0) is 6.07 Å². The Morgan fingerprint density at radius 3 is 2.71 bits per heavy atom. The first-order valence-electron chi connectivity index (χ1n) is 4.78. The number of carboxylic acid groups (broad SMARTS) is 1. The Morgan fingerprint density at radius 2 is 2.12 bits per heavy atom. The van der Waals surface area contributed by atoms with Gasteiger partial charge in [-0.25, -0.2) is 0 Å². The molecule has 0 bridgehead atoms. The number of nitro benzene ring substituents is 1. The van der Waals surface area contributed by atoms with Crippen molar-refractivity contribution in [2.24, 2.45) is 0 Å². The summed E-state index contributed by atoms with van der Waals surface area (Å²) in [5.74, 6) is -1.90. The molecule has 0 aliphatic carbocycles. The number of nitro groups is 1. The summed E-state index contributed by atoms with van der Waals surface area (Å²) in [4.78, 5) is 20.6. The first-order valence-corrected chi connectivity index (χ1v) is 4.78. The van der Waals surface area contributed by atoms with Crippen molar-refractivity contribution in [2.75, 3.05) is 0 Å². The largest absolute Gasteiger partial charge is 0.481 e. The predicted molar refractivity (Wildman–Crippen MR) is 55.0 cm³/mol. The molecule has 0 aromatic heterocycles. The summed E-state index contributed by atoms with van der Waals surface area (Å²) in [6.45, 7) is 1.47. The third kappa shape index (κ3) is 2.12. The number of benzene rings is 1. The number of nitrogens with zero attached hydrogens (tertiary/aromatic N) is 1. The Bertz CT molecular complexity index is 500. The molecule has 0 fully saturated rings. The minimum Gasteiger partial charge on any atom is -0.481 e. The Hall–Kier alpha value is -2.31. The van der Waals surface area contributed by atoms with Crippen molar-refractivity contribution >= 4 is 11.7 Å². The van der Waals surface area contributed by atoms with E-state index in [1.165, 1.54) is 25.1 Å². The molecule has 17 heavy (non-hydrogen) atoms. The lowest BCUT2D eigenvalue weighted by molar-refractivity contribution is -0.384. The maximum atomic E-state index is 10.6. The average Bonchev–Trinajstić information content (AvgIpc) is 2.50. The second kappa shape index (κ2) is 3.62. The minimum absolute atomic E-state index is 0.132. The number of hydrogen-bond acceptors (Lipinski definition) is 5. The van der Waals surface area contributed by atoms with Crippen LogP contribution in [-0.4, -0.2) is 21.8 Å². The third-order valence-corrected chi connectivity index (χ3v) is 2.26. The molecule has 1 aromatic carbocycles. The molecule has 1 aliphatic heterocycles. The molecular formula is C10H9NO6. The molecule has 1 N–H and O–H groups in total. The van der Waals surface area contributed by atoms with Crippen molar-refractivity contribution in [3.05, 3.63) is 28.3 Å². The Morgan fingerprint density at radius 1 is 1.47 bits per heavy atom. The highest BCUT2D eigenvalue weighted by Gasteiger charge is 2.39. The highest BCUT2D eigenvalue weighted by molar-refractivity contribution is 5.68. The molecule has 1 atom stereocenters. The van der Waals surface area contributed by atoms with Crippen LogP contribution >= 0.6 is 0 Å². The highest BCUT2D eigenvalue weighted by atomic mass is 16.7. The van der Waals surface area contributed by atoms with Crippen LogP contribution in [0.4, 0.5) is 5.69 Å². The molecular weight excluding hydrogens is 230 g/mol. The Labute approximate surface area is 95.7 Å². The van der Waals surface area contributed by atoms with E-state index >= 15 is 0 Å². The average molecular weight is 239 g/mol. The van der Waals surface area contributed by atoms with Crippen LogP contribution < -0.4 is 9.47 Å². The van der Waals surface area contributed by atoms with Gasteiger partial charge in [0, 0.05) is 13.0 Å². The number of non-ortho nitro benzene ring substituents is 1. The van der Waals surface area contributed by atoms with Gasteiger partial charge >= 0.3 is 5.97 Å². The summed E-state index contributed by atoms with van der Waals surface area (Å²) in [6.07, 6.45) is -0.352.